The van der Waals surface area contributed by atoms with Crippen LogP contribution in [0.15, 0.2) is 29.0 Å². The fraction of sp³-hybridized carbons (Fsp3) is 0.250. The maximum absolute atomic E-state index is 11.9. The van der Waals surface area contributed by atoms with Crippen LogP contribution in [0, 0.1) is 6.92 Å². The van der Waals surface area contributed by atoms with Crippen LogP contribution in [0.4, 0.5) is 9.80 Å². The second-order valence-electron chi connectivity index (χ2n) is 3.79. The molecule has 0 saturated carbocycles. The lowest BCUT2D eigenvalue weighted by Crippen LogP contribution is -2.30. The second-order valence-corrected chi connectivity index (χ2v) is 5.74. The maximum Gasteiger partial charge on any atom is 0.322 e. The molecule has 0 bridgehead atoms. The van der Waals surface area contributed by atoms with Crippen LogP contribution in [0.5, 0.6) is 0 Å². The highest BCUT2D eigenvalue weighted by Gasteiger charge is 2.11. The third kappa shape index (κ3) is 3.08. The van der Waals surface area contributed by atoms with E-state index in [0.29, 0.717) is 6.54 Å². The molecule has 0 fully saturated rings. The summed E-state index contributed by atoms with van der Waals surface area (Å²) in [6.45, 7) is 2.72. The van der Waals surface area contributed by atoms with Gasteiger partial charge in [0, 0.05) is 11.9 Å². The van der Waals surface area contributed by atoms with Crippen LogP contribution in [0.3, 0.4) is 0 Å². The molecule has 0 atom stereocenters. The van der Waals surface area contributed by atoms with Gasteiger partial charge in [0.2, 0.25) is 0 Å². The van der Waals surface area contributed by atoms with Crippen molar-refractivity contribution in [3.8, 4) is 0 Å². The maximum atomic E-state index is 11.9. The zero-order chi connectivity index (χ0) is 12.3. The van der Waals surface area contributed by atoms with E-state index < -0.39 is 0 Å². The highest BCUT2D eigenvalue weighted by Crippen LogP contribution is 2.19. The number of amides is 2. The molecule has 5 heteroatoms. The molecule has 90 valence electrons. The Bertz CT molecular complexity index is 490. The Morgan fingerprint density at radius 1 is 1.35 bits per heavy atom. The van der Waals surface area contributed by atoms with Crippen LogP contribution in [-0.4, -0.2) is 18.0 Å². The number of nitrogens with zero attached hydrogens (tertiary/aromatic N) is 1. The van der Waals surface area contributed by atoms with Crippen LogP contribution in [0.25, 0.3) is 0 Å². The molecule has 2 aromatic rings. The van der Waals surface area contributed by atoms with Crippen molar-refractivity contribution in [3.05, 3.63) is 39.4 Å². The van der Waals surface area contributed by atoms with E-state index in [4.69, 9.17) is 0 Å². The predicted octanol–water partition coefficient (Wildman–Crippen LogP) is 3.78. The monoisotopic (exact) mass is 266 g/mol. The van der Waals surface area contributed by atoms with Crippen LogP contribution in [0.1, 0.15) is 10.4 Å². The van der Waals surface area contributed by atoms with Gasteiger partial charge in [-0.15, -0.1) is 22.7 Å². The SMILES string of the molecule is Cc1ccsc1CN(C)C(=O)Nc1cccs1. The van der Waals surface area contributed by atoms with Crippen molar-refractivity contribution in [2.24, 2.45) is 0 Å². The Kier molecular flexibility index (Phi) is 3.81. The molecule has 2 amide bonds. The van der Waals surface area contributed by atoms with Gasteiger partial charge in [-0.25, -0.2) is 4.79 Å². The molecule has 3 nitrogen and oxygen atoms in total. The summed E-state index contributed by atoms with van der Waals surface area (Å²) >= 11 is 3.21. The van der Waals surface area contributed by atoms with Gasteiger partial charge in [-0.05, 0) is 41.4 Å². The van der Waals surface area contributed by atoms with Gasteiger partial charge in [-0.2, -0.15) is 0 Å². The molecular formula is C12H14N2OS2. The largest absolute Gasteiger partial charge is 0.322 e. The Balaban J connectivity index is 1.94. The van der Waals surface area contributed by atoms with E-state index in [-0.39, 0.29) is 6.03 Å². The van der Waals surface area contributed by atoms with Crippen molar-refractivity contribution in [2.45, 2.75) is 13.5 Å². The number of carbonyl (C=O) groups is 1. The molecule has 2 aromatic heterocycles. The summed E-state index contributed by atoms with van der Waals surface area (Å²) in [5.41, 5.74) is 1.24. The predicted molar refractivity (Wildman–Crippen MR) is 73.9 cm³/mol. The Labute approximate surface area is 109 Å². The van der Waals surface area contributed by atoms with Crippen LogP contribution < -0.4 is 5.32 Å². The summed E-state index contributed by atoms with van der Waals surface area (Å²) in [5, 5.41) is 7.74. The van der Waals surface area contributed by atoms with Crippen molar-refractivity contribution >= 4 is 33.7 Å². The summed E-state index contributed by atoms with van der Waals surface area (Å²) in [6, 6.07) is 5.82. The van der Waals surface area contributed by atoms with Crippen molar-refractivity contribution < 1.29 is 4.79 Å². The molecule has 0 unspecified atom stereocenters. The molecule has 0 spiro atoms. The number of hydrogen-bond donors (Lipinski definition) is 1. The van der Waals surface area contributed by atoms with E-state index in [1.807, 2.05) is 24.6 Å². The van der Waals surface area contributed by atoms with Gasteiger partial charge in [0.25, 0.3) is 0 Å². The number of aryl methyl sites for hydroxylation is 1. The second kappa shape index (κ2) is 5.33. The highest BCUT2D eigenvalue weighted by molar-refractivity contribution is 7.14. The minimum atomic E-state index is -0.0692. The summed E-state index contributed by atoms with van der Waals surface area (Å²) in [7, 11) is 1.81. The zero-order valence-electron chi connectivity index (χ0n) is 9.77. The number of carbonyl (C=O) groups excluding carboxylic acids is 1. The van der Waals surface area contributed by atoms with Crippen LogP contribution in [0.2, 0.25) is 0 Å². The molecule has 17 heavy (non-hydrogen) atoms. The molecule has 1 N–H and O–H groups in total. The fourth-order valence-corrected chi connectivity index (χ4v) is 2.97. The first-order chi connectivity index (χ1) is 8.16. The third-order valence-electron chi connectivity index (χ3n) is 2.45. The van der Waals surface area contributed by atoms with Crippen molar-refractivity contribution in [1.29, 1.82) is 0 Å². The standard InChI is InChI=1S/C12H14N2OS2/c1-9-5-7-16-10(9)8-14(2)12(15)13-11-4-3-6-17-11/h3-7H,8H2,1-2H3,(H,13,15). The number of rotatable bonds is 3. The normalized spacial score (nSPS) is 10.2. The minimum absolute atomic E-state index is 0.0692. The first-order valence-electron chi connectivity index (χ1n) is 5.25. The van der Waals surface area contributed by atoms with E-state index in [0.717, 1.165) is 5.00 Å². The third-order valence-corrected chi connectivity index (χ3v) is 4.24. The molecule has 0 radical (unpaired) electrons. The summed E-state index contributed by atoms with van der Waals surface area (Å²) in [4.78, 5) is 14.8. The van der Waals surface area contributed by atoms with E-state index in [2.05, 4.69) is 23.7 Å². The lowest BCUT2D eigenvalue weighted by Gasteiger charge is -2.16. The molecule has 2 rings (SSSR count). The molecular weight excluding hydrogens is 252 g/mol. The van der Waals surface area contributed by atoms with E-state index in [9.17, 15) is 4.79 Å². The fourth-order valence-electron chi connectivity index (χ4n) is 1.40. The minimum Gasteiger partial charge on any atom is -0.322 e. The smallest absolute Gasteiger partial charge is 0.322 e. The van der Waals surface area contributed by atoms with Crippen molar-refractivity contribution in [3.63, 3.8) is 0 Å². The molecule has 0 aliphatic rings. The quantitative estimate of drug-likeness (QED) is 0.901. The molecule has 0 saturated heterocycles. The molecule has 2 heterocycles. The topological polar surface area (TPSA) is 32.3 Å². The Hall–Kier alpha value is -1.33. The summed E-state index contributed by atoms with van der Waals surface area (Å²) in [6.07, 6.45) is 0. The van der Waals surface area contributed by atoms with E-state index in [1.54, 1.807) is 16.2 Å². The van der Waals surface area contributed by atoms with Gasteiger partial charge in [-0.1, -0.05) is 0 Å². The number of urea groups is 1. The first-order valence-corrected chi connectivity index (χ1v) is 7.01. The van der Waals surface area contributed by atoms with Gasteiger partial charge >= 0.3 is 6.03 Å². The van der Waals surface area contributed by atoms with Gasteiger partial charge in [0.15, 0.2) is 0 Å². The van der Waals surface area contributed by atoms with Gasteiger partial charge in [-0.3, -0.25) is 5.32 Å². The number of nitrogens with one attached hydrogen (secondary N) is 1. The zero-order valence-corrected chi connectivity index (χ0v) is 11.4. The first kappa shape index (κ1) is 12.1. The lowest BCUT2D eigenvalue weighted by atomic mass is 10.3. The lowest BCUT2D eigenvalue weighted by molar-refractivity contribution is 0.221. The number of thiophene rings is 2. The van der Waals surface area contributed by atoms with Gasteiger partial charge in [0.1, 0.15) is 0 Å². The van der Waals surface area contributed by atoms with Gasteiger partial charge in [0.05, 0.1) is 11.5 Å². The summed E-state index contributed by atoms with van der Waals surface area (Å²) < 4.78 is 0. The molecule has 0 aromatic carbocycles. The highest BCUT2D eigenvalue weighted by atomic mass is 32.1. The van der Waals surface area contributed by atoms with Gasteiger partial charge < -0.3 is 4.90 Å². The van der Waals surface area contributed by atoms with Crippen molar-refractivity contribution in [2.75, 3.05) is 12.4 Å². The summed E-state index contributed by atoms with van der Waals surface area (Å²) in [5.74, 6) is 0. The number of anilines is 1. The average molecular weight is 266 g/mol. The van der Waals surface area contributed by atoms with E-state index in [1.165, 1.54) is 21.8 Å². The number of hydrogen-bond acceptors (Lipinski definition) is 3. The molecule has 0 aliphatic carbocycles. The molecule has 0 aliphatic heterocycles. The van der Waals surface area contributed by atoms with Crippen LogP contribution >= 0.6 is 22.7 Å². The average Bonchev–Trinajstić information content (AvgIpc) is 2.91. The van der Waals surface area contributed by atoms with E-state index >= 15 is 0 Å². The Morgan fingerprint density at radius 2 is 2.18 bits per heavy atom. The van der Waals surface area contributed by atoms with Crippen LogP contribution in [-0.2, 0) is 6.54 Å². The van der Waals surface area contributed by atoms with Crippen molar-refractivity contribution in [1.82, 2.24) is 4.90 Å². The Morgan fingerprint density at radius 3 is 2.76 bits per heavy atom.